The van der Waals surface area contributed by atoms with Crippen molar-refractivity contribution >= 4 is 17.6 Å². The number of carbonyl (C=O) groups excluding carboxylic acids is 2. The molecular formula is C11H14N2O4. The lowest BCUT2D eigenvalue weighted by atomic mass is 10.3. The molecular weight excluding hydrogens is 224 g/mol. The fourth-order valence-electron chi connectivity index (χ4n) is 1.08. The molecule has 0 saturated carbocycles. The monoisotopic (exact) mass is 238 g/mol. The lowest BCUT2D eigenvalue weighted by Gasteiger charge is -2.06. The van der Waals surface area contributed by atoms with Gasteiger partial charge < -0.3 is 20.9 Å². The number of nitrogen functional groups attached to an aromatic ring is 1. The van der Waals surface area contributed by atoms with E-state index in [1.165, 1.54) is 0 Å². The molecule has 1 aromatic carbocycles. The minimum Gasteiger partial charge on any atom is -0.493 e. The van der Waals surface area contributed by atoms with E-state index in [0.29, 0.717) is 11.4 Å². The van der Waals surface area contributed by atoms with Crippen molar-refractivity contribution in [3.63, 3.8) is 0 Å². The summed E-state index contributed by atoms with van der Waals surface area (Å²) >= 11 is 0. The molecule has 92 valence electrons. The van der Waals surface area contributed by atoms with Crippen LogP contribution in [0.5, 0.6) is 5.75 Å². The molecule has 0 radical (unpaired) electrons. The van der Waals surface area contributed by atoms with Gasteiger partial charge in [0.2, 0.25) is 0 Å². The molecule has 1 aromatic rings. The lowest BCUT2D eigenvalue weighted by Crippen LogP contribution is -2.21. The number of hydrogen-bond donors (Lipinski definition) is 2. The van der Waals surface area contributed by atoms with Crippen LogP contribution in [-0.4, -0.2) is 25.1 Å². The molecule has 0 aromatic heterocycles. The number of benzene rings is 1. The average molecular weight is 238 g/mol. The number of amides is 1. The first-order chi connectivity index (χ1) is 8.08. The maximum absolute atomic E-state index is 11.1. The minimum atomic E-state index is -0.685. The highest BCUT2D eigenvalue weighted by atomic mass is 16.5. The van der Waals surface area contributed by atoms with Crippen LogP contribution < -0.4 is 16.2 Å². The van der Waals surface area contributed by atoms with Gasteiger partial charge in [0, 0.05) is 11.8 Å². The second-order valence-electron chi connectivity index (χ2n) is 3.30. The van der Waals surface area contributed by atoms with Gasteiger partial charge >= 0.3 is 5.97 Å². The first-order valence-electron chi connectivity index (χ1n) is 5.00. The number of carbonyl (C=O) groups is 2. The van der Waals surface area contributed by atoms with Crippen molar-refractivity contribution < 1.29 is 19.1 Å². The van der Waals surface area contributed by atoms with Crippen molar-refractivity contribution in [2.75, 3.05) is 18.9 Å². The third-order valence-electron chi connectivity index (χ3n) is 1.81. The van der Waals surface area contributed by atoms with Crippen LogP contribution in [0, 0.1) is 0 Å². The fraction of sp³-hybridized carbons (Fsp3) is 0.273. The highest BCUT2D eigenvalue weighted by molar-refractivity contribution is 5.78. The summed E-state index contributed by atoms with van der Waals surface area (Å²) in [4.78, 5) is 21.4. The Labute approximate surface area is 98.5 Å². The first kappa shape index (κ1) is 12.8. The predicted molar refractivity (Wildman–Crippen MR) is 61.1 cm³/mol. The second kappa shape index (κ2) is 6.37. The quantitative estimate of drug-likeness (QED) is 0.539. The molecule has 0 saturated heterocycles. The summed E-state index contributed by atoms with van der Waals surface area (Å²) in [5, 5.41) is 0. The van der Waals surface area contributed by atoms with E-state index in [1.54, 1.807) is 24.3 Å². The van der Waals surface area contributed by atoms with E-state index in [9.17, 15) is 9.59 Å². The highest BCUT2D eigenvalue weighted by Crippen LogP contribution is 2.14. The Bertz CT molecular complexity index is 406. The number of esters is 1. The van der Waals surface area contributed by atoms with Gasteiger partial charge in [-0.15, -0.1) is 0 Å². The summed E-state index contributed by atoms with van der Waals surface area (Å²) < 4.78 is 9.81. The predicted octanol–water partition coefficient (Wildman–Crippen LogP) is 0.0662. The van der Waals surface area contributed by atoms with Crippen molar-refractivity contribution in [2.24, 2.45) is 5.73 Å². The summed E-state index contributed by atoms with van der Waals surface area (Å²) in [6.45, 7) is -0.252. The number of primary amides is 1. The SMILES string of the molecule is NC(=O)COC(=O)CCOc1cccc(N)c1. The first-order valence-corrected chi connectivity index (χ1v) is 5.00. The van der Waals surface area contributed by atoms with Crippen LogP contribution in [0.25, 0.3) is 0 Å². The Hall–Kier alpha value is -2.24. The van der Waals surface area contributed by atoms with Gasteiger partial charge in [-0.05, 0) is 12.1 Å². The van der Waals surface area contributed by atoms with Crippen molar-refractivity contribution in [1.29, 1.82) is 0 Å². The third-order valence-corrected chi connectivity index (χ3v) is 1.81. The summed E-state index contributed by atoms with van der Waals surface area (Å²) in [5.41, 5.74) is 10.9. The number of rotatable bonds is 6. The molecule has 6 nitrogen and oxygen atoms in total. The van der Waals surface area contributed by atoms with Crippen LogP contribution in [0.3, 0.4) is 0 Å². The molecule has 0 unspecified atom stereocenters. The Morgan fingerprint density at radius 1 is 1.29 bits per heavy atom. The second-order valence-corrected chi connectivity index (χ2v) is 3.30. The van der Waals surface area contributed by atoms with Crippen molar-refractivity contribution in [2.45, 2.75) is 6.42 Å². The van der Waals surface area contributed by atoms with Crippen LogP contribution in [0.2, 0.25) is 0 Å². The molecule has 0 aliphatic carbocycles. The summed E-state index contributed by atoms with van der Waals surface area (Å²) in [6, 6.07) is 6.85. The van der Waals surface area contributed by atoms with Gasteiger partial charge in [-0.2, -0.15) is 0 Å². The van der Waals surface area contributed by atoms with Crippen LogP contribution in [0.4, 0.5) is 5.69 Å². The molecule has 0 fully saturated rings. The number of nitrogens with two attached hydrogens (primary N) is 2. The van der Waals surface area contributed by atoms with E-state index in [2.05, 4.69) is 4.74 Å². The van der Waals surface area contributed by atoms with Crippen LogP contribution in [0.1, 0.15) is 6.42 Å². The average Bonchev–Trinajstić information content (AvgIpc) is 2.26. The Balaban J connectivity index is 2.23. The number of ether oxygens (including phenoxy) is 2. The van der Waals surface area contributed by atoms with Crippen molar-refractivity contribution in [1.82, 2.24) is 0 Å². The third kappa shape index (κ3) is 5.41. The van der Waals surface area contributed by atoms with E-state index in [4.69, 9.17) is 16.2 Å². The van der Waals surface area contributed by atoms with E-state index < -0.39 is 18.5 Å². The molecule has 4 N–H and O–H groups in total. The van der Waals surface area contributed by atoms with Crippen LogP contribution in [-0.2, 0) is 14.3 Å². The molecule has 0 aliphatic rings. The zero-order chi connectivity index (χ0) is 12.7. The molecule has 0 spiro atoms. The minimum absolute atomic E-state index is 0.0437. The largest absolute Gasteiger partial charge is 0.493 e. The summed E-state index contributed by atoms with van der Waals surface area (Å²) in [7, 11) is 0. The Morgan fingerprint density at radius 2 is 2.06 bits per heavy atom. The number of hydrogen-bond acceptors (Lipinski definition) is 5. The molecule has 0 atom stereocenters. The summed E-state index contributed by atoms with van der Waals surface area (Å²) in [6.07, 6.45) is 0.0437. The molecule has 0 aliphatic heterocycles. The van der Waals surface area contributed by atoms with E-state index in [0.717, 1.165) is 0 Å². The standard InChI is InChI=1S/C11H14N2O4/c12-8-2-1-3-9(6-8)16-5-4-11(15)17-7-10(13)14/h1-3,6H,4-5,7,12H2,(H2,13,14). The Morgan fingerprint density at radius 3 is 2.71 bits per heavy atom. The van der Waals surface area contributed by atoms with Gasteiger partial charge in [0.05, 0.1) is 13.0 Å². The zero-order valence-corrected chi connectivity index (χ0v) is 9.22. The van der Waals surface area contributed by atoms with Gasteiger partial charge in [-0.3, -0.25) is 9.59 Å². The highest BCUT2D eigenvalue weighted by Gasteiger charge is 2.05. The fourth-order valence-corrected chi connectivity index (χ4v) is 1.08. The van der Waals surface area contributed by atoms with Gasteiger partial charge in [0.1, 0.15) is 5.75 Å². The van der Waals surface area contributed by atoms with Gasteiger partial charge in [0.25, 0.3) is 5.91 Å². The van der Waals surface area contributed by atoms with E-state index in [-0.39, 0.29) is 13.0 Å². The van der Waals surface area contributed by atoms with Gasteiger partial charge in [-0.1, -0.05) is 6.07 Å². The molecule has 6 heteroatoms. The maximum atomic E-state index is 11.1. The summed E-state index contributed by atoms with van der Waals surface area (Å²) in [5.74, 6) is -0.643. The topological polar surface area (TPSA) is 105 Å². The smallest absolute Gasteiger partial charge is 0.309 e. The van der Waals surface area contributed by atoms with Gasteiger partial charge in [0.15, 0.2) is 6.61 Å². The van der Waals surface area contributed by atoms with Crippen LogP contribution in [0.15, 0.2) is 24.3 Å². The molecule has 0 bridgehead atoms. The van der Waals surface area contributed by atoms with E-state index in [1.807, 2.05) is 0 Å². The Kier molecular flexibility index (Phi) is 4.80. The molecule has 17 heavy (non-hydrogen) atoms. The normalized spacial score (nSPS) is 9.65. The molecule has 1 rings (SSSR count). The van der Waals surface area contributed by atoms with Crippen molar-refractivity contribution in [3.05, 3.63) is 24.3 Å². The van der Waals surface area contributed by atoms with Gasteiger partial charge in [-0.25, -0.2) is 0 Å². The molecule has 1 amide bonds. The maximum Gasteiger partial charge on any atom is 0.309 e. The lowest BCUT2D eigenvalue weighted by molar-refractivity contribution is -0.148. The number of anilines is 1. The van der Waals surface area contributed by atoms with Crippen molar-refractivity contribution in [3.8, 4) is 5.75 Å². The molecule has 0 heterocycles. The van der Waals surface area contributed by atoms with Crippen LogP contribution >= 0.6 is 0 Å². The zero-order valence-electron chi connectivity index (χ0n) is 9.22. The van der Waals surface area contributed by atoms with E-state index >= 15 is 0 Å².